The number of nitrogens with one attached hydrogen (secondary N) is 1. The van der Waals surface area contributed by atoms with Gasteiger partial charge in [-0.1, -0.05) is 29.8 Å². The van der Waals surface area contributed by atoms with Gasteiger partial charge in [-0.15, -0.1) is 0 Å². The van der Waals surface area contributed by atoms with Gasteiger partial charge in [0, 0.05) is 30.2 Å². The van der Waals surface area contributed by atoms with E-state index in [1.54, 1.807) is 18.6 Å². The maximum absolute atomic E-state index is 6.23. The summed E-state index contributed by atoms with van der Waals surface area (Å²) in [4.78, 5) is 8.20. The van der Waals surface area contributed by atoms with E-state index in [0.29, 0.717) is 5.02 Å². The van der Waals surface area contributed by atoms with Crippen LogP contribution in [-0.4, -0.2) is 9.97 Å². The standard InChI is InChI=1S/C15H13ClN4/c16-14-9-19-7-5-12(14)15(20-17)11-3-1-2-10-4-6-18-8-13(10)11/h1-9,15,20H,17H2. The Morgan fingerprint density at radius 1 is 1.00 bits per heavy atom. The summed E-state index contributed by atoms with van der Waals surface area (Å²) in [6.07, 6.45) is 6.93. The van der Waals surface area contributed by atoms with Crippen LogP contribution in [0, 0.1) is 0 Å². The molecule has 0 aliphatic heterocycles. The van der Waals surface area contributed by atoms with E-state index in [-0.39, 0.29) is 6.04 Å². The number of nitrogens with two attached hydrogens (primary N) is 1. The van der Waals surface area contributed by atoms with Gasteiger partial charge in [-0.25, -0.2) is 5.43 Å². The summed E-state index contributed by atoms with van der Waals surface area (Å²) in [7, 11) is 0. The van der Waals surface area contributed by atoms with Crippen LogP contribution >= 0.6 is 11.6 Å². The van der Waals surface area contributed by atoms with Gasteiger partial charge in [0.25, 0.3) is 0 Å². The Bertz CT molecular complexity index is 739. The third kappa shape index (κ3) is 2.25. The maximum atomic E-state index is 6.23. The number of nitrogens with zero attached hydrogens (tertiary/aromatic N) is 2. The van der Waals surface area contributed by atoms with E-state index in [0.717, 1.165) is 21.9 Å². The fourth-order valence-electron chi connectivity index (χ4n) is 2.36. The Balaban J connectivity index is 2.20. The molecule has 3 N–H and O–H groups in total. The predicted molar refractivity (Wildman–Crippen MR) is 80.2 cm³/mol. The molecule has 20 heavy (non-hydrogen) atoms. The number of halogens is 1. The second-order valence-corrected chi connectivity index (χ2v) is 4.85. The lowest BCUT2D eigenvalue weighted by atomic mass is 9.96. The molecule has 2 aromatic heterocycles. The Kier molecular flexibility index (Phi) is 3.60. The van der Waals surface area contributed by atoms with Crippen LogP contribution in [0.2, 0.25) is 5.02 Å². The van der Waals surface area contributed by atoms with E-state index in [1.807, 2.05) is 36.5 Å². The molecule has 3 rings (SSSR count). The van der Waals surface area contributed by atoms with Gasteiger partial charge < -0.3 is 0 Å². The van der Waals surface area contributed by atoms with E-state index in [2.05, 4.69) is 15.4 Å². The average molecular weight is 285 g/mol. The van der Waals surface area contributed by atoms with Crippen molar-refractivity contribution >= 4 is 22.4 Å². The molecule has 0 saturated heterocycles. The molecule has 4 nitrogen and oxygen atoms in total. The monoisotopic (exact) mass is 284 g/mol. The lowest BCUT2D eigenvalue weighted by Gasteiger charge is -2.19. The smallest absolute Gasteiger partial charge is 0.0732 e. The van der Waals surface area contributed by atoms with Gasteiger partial charge in [-0.2, -0.15) is 0 Å². The number of hydrogen-bond donors (Lipinski definition) is 2. The molecule has 100 valence electrons. The molecule has 1 atom stereocenters. The Labute approximate surface area is 121 Å². The largest absolute Gasteiger partial charge is 0.271 e. The normalized spacial score (nSPS) is 12.5. The molecule has 1 unspecified atom stereocenters. The molecule has 0 aliphatic carbocycles. The van der Waals surface area contributed by atoms with Crippen LogP contribution in [0.3, 0.4) is 0 Å². The number of benzene rings is 1. The van der Waals surface area contributed by atoms with Crippen LogP contribution in [-0.2, 0) is 0 Å². The summed E-state index contributed by atoms with van der Waals surface area (Å²) in [6.45, 7) is 0. The highest BCUT2D eigenvalue weighted by Crippen LogP contribution is 2.31. The number of pyridine rings is 2. The number of rotatable bonds is 3. The van der Waals surface area contributed by atoms with Crippen molar-refractivity contribution in [3.05, 3.63) is 71.3 Å². The third-order valence-electron chi connectivity index (χ3n) is 3.31. The summed E-state index contributed by atoms with van der Waals surface area (Å²) in [6, 6.07) is 9.69. The first-order valence-electron chi connectivity index (χ1n) is 6.19. The van der Waals surface area contributed by atoms with Gasteiger partial charge in [0.2, 0.25) is 0 Å². The lowest BCUT2D eigenvalue weighted by Crippen LogP contribution is -2.29. The molecule has 2 heterocycles. The Morgan fingerprint density at radius 3 is 2.60 bits per heavy atom. The molecule has 0 fully saturated rings. The van der Waals surface area contributed by atoms with Crippen molar-refractivity contribution < 1.29 is 0 Å². The topological polar surface area (TPSA) is 63.8 Å². The Morgan fingerprint density at radius 2 is 1.80 bits per heavy atom. The highest BCUT2D eigenvalue weighted by atomic mass is 35.5. The second kappa shape index (κ2) is 5.54. The zero-order chi connectivity index (χ0) is 13.9. The first-order chi connectivity index (χ1) is 9.81. The van der Waals surface area contributed by atoms with Crippen LogP contribution in [0.4, 0.5) is 0 Å². The summed E-state index contributed by atoms with van der Waals surface area (Å²) in [5, 5.41) is 2.74. The molecule has 0 saturated carbocycles. The van der Waals surface area contributed by atoms with Gasteiger partial charge in [-0.3, -0.25) is 15.8 Å². The van der Waals surface area contributed by atoms with Crippen LogP contribution in [0.1, 0.15) is 17.2 Å². The molecule has 5 heteroatoms. The van der Waals surface area contributed by atoms with Gasteiger partial charge in [0.15, 0.2) is 0 Å². The SMILES string of the molecule is NNC(c1ccncc1Cl)c1cccc2ccncc12. The fraction of sp³-hybridized carbons (Fsp3) is 0.0667. The highest BCUT2D eigenvalue weighted by Gasteiger charge is 2.17. The third-order valence-corrected chi connectivity index (χ3v) is 3.63. The van der Waals surface area contributed by atoms with Crippen molar-refractivity contribution in [1.29, 1.82) is 0 Å². The van der Waals surface area contributed by atoms with Crippen LogP contribution in [0.5, 0.6) is 0 Å². The number of aromatic nitrogens is 2. The quantitative estimate of drug-likeness (QED) is 0.573. The van der Waals surface area contributed by atoms with Crippen LogP contribution in [0.15, 0.2) is 55.1 Å². The molecule has 0 aliphatic rings. The van der Waals surface area contributed by atoms with Gasteiger partial charge in [-0.05, 0) is 28.6 Å². The van der Waals surface area contributed by atoms with Gasteiger partial charge >= 0.3 is 0 Å². The zero-order valence-electron chi connectivity index (χ0n) is 10.6. The summed E-state index contributed by atoms with van der Waals surface area (Å²) >= 11 is 6.23. The minimum atomic E-state index is -0.210. The summed E-state index contributed by atoms with van der Waals surface area (Å²) in [5.74, 6) is 5.75. The fourth-order valence-corrected chi connectivity index (χ4v) is 2.58. The van der Waals surface area contributed by atoms with Crippen LogP contribution in [0.25, 0.3) is 10.8 Å². The van der Waals surface area contributed by atoms with Crippen molar-refractivity contribution in [3.63, 3.8) is 0 Å². The van der Waals surface area contributed by atoms with Gasteiger partial charge in [0.05, 0.1) is 11.1 Å². The van der Waals surface area contributed by atoms with Crippen molar-refractivity contribution in [2.75, 3.05) is 0 Å². The zero-order valence-corrected chi connectivity index (χ0v) is 11.4. The molecule has 1 aromatic carbocycles. The van der Waals surface area contributed by atoms with E-state index in [1.165, 1.54) is 0 Å². The average Bonchev–Trinajstić information content (AvgIpc) is 2.50. The van der Waals surface area contributed by atoms with Crippen molar-refractivity contribution in [1.82, 2.24) is 15.4 Å². The van der Waals surface area contributed by atoms with Crippen molar-refractivity contribution in [2.24, 2.45) is 5.84 Å². The Hall–Kier alpha value is -2.01. The first kappa shape index (κ1) is 13.0. The molecule has 0 bridgehead atoms. The molecule has 0 amide bonds. The number of hydrogen-bond acceptors (Lipinski definition) is 4. The number of hydrazine groups is 1. The van der Waals surface area contributed by atoms with E-state index >= 15 is 0 Å². The molecule has 3 aromatic rings. The second-order valence-electron chi connectivity index (χ2n) is 4.44. The summed E-state index contributed by atoms with van der Waals surface area (Å²) < 4.78 is 0. The van der Waals surface area contributed by atoms with E-state index in [4.69, 9.17) is 17.4 Å². The van der Waals surface area contributed by atoms with Crippen LogP contribution < -0.4 is 11.3 Å². The number of fused-ring (bicyclic) bond motifs is 1. The lowest BCUT2D eigenvalue weighted by molar-refractivity contribution is 0.640. The minimum absolute atomic E-state index is 0.210. The maximum Gasteiger partial charge on any atom is 0.0732 e. The van der Waals surface area contributed by atoms with E-state index in [9.17, 15) is 0 Å². The first-order valence-corrected chi connectivity index (χ1v) is 6.57. The van der Waals surface area contributed by atoms with E-state index < -0.39 is 0 Å². The molecular weight excluding hydrogens is 272 g/mol. The van der Waals surface area contributed by atoms with Gasteiger partial charge in [0.1, 0.15) is 0 Å². The predicted octanol–water partition coefficient (Wildman–Crippen LogP) is 2.84. The minimum Gasteiger partial charge on any atom is -0.271 e. The van der Waals surface area contributed by atoms with Crippen molar-refractivity contribution in [2.45, 2.75) is 6.04 Å². The highest BCUT2D eigenvalue weighted by molar-refractivity contribution is 6.31. The van der Waals surface area contributed by atoms with Crippen molar-refractivity contribution in [3.8, 4) is 0 Å². The molecule has 0 spiro atoms. The molecule has 0 radical (unpaired) electrons. The summed E-state index contributed by atoms with van der Waals surface area (Å²) in [5.41, 5.74) is 4.75. The molecular formula is C15H13ClN4.